The van der Waals surface area contributed by atoms with E-state index in [9.17, 15) is 4.79 Å². The molecule has 1 saturated heterocycles. The van der Waals surface area contributed by atoms with Crippen molar-refractivity contribution >= 4 is 17.2 Å². The third-order valence-corrected chi connectivity index (χ3v) is 4.38. The number of hydrogen-bond donors (Lipinski definition) is 2. The topological polar surface area (TPSA) is 58.4 Å². The molecule has 1 aromatic heterocycles. The van der Waals surface area contributed by atoms with Gasteiger partial charge in [-0.15, -0.1) is 11.3 Å². The highest BCUT2D eigenvalue weighted by Crippen LogP contribution is 2.19. The zero-order valence-corrected chi connectivity index (χ0v) is 12.1. The van der Waals surface area contributed by atoms with Crippen molar-refractivity contribution in [2.75, 3.05) is 26.2 Å². The normalized spacial score (nSPS) is 20.4. The third kappa shape index (κ3) is 4.93. The molecule has 1 aliphatic rings. The number of rotatable bonds is 6. The maximum atomic E-state index is 11.4. The first-order valence-electron chi connectivity index (χ1n) is 6.99. The summed E-state index contributed by atoms with van der Waals surface area (Å²) in [7, 11) is 0. The monoisotopic (exact) mass is 281 g/mol. The van der Waals surface area contributed by atoms with Gasteiger partial charge < -0.3 is 11.1 Å². The molecule has 1 atom stereocenters. The summed E-state index contributed by atoms with van der Waals surface area (Å²) in [5.41, 5.74) is 5.37. The zero-order chi connectivity index (χ0) is 13.5. The third-order valence-electron chi connectivity index (χ3n) is 3.52. The molecule has 19 heavy (non-hydrogen) atoms. The molecule has 1 aromatic rings. The van der Waals surface area contributed by atoms with E-state index in [4.69, 9.17) is 5.73 Å². The lowest BCUT2D eigenvalue weighted by Gasteiger charge is -2.32. The molecule has 1 aliphatic heterocycles. The fraction of sp³-hybridized carbons (Fsp3) is 0.643. The Balaban J connectivity index is 1.72. The van der Waals surface area contributed by atoms with E-state index < -0.39 is 0 Å². The van der Waals surface area contributed by atoms with Crippen molar-refractivity contribution in [1.82, 2.24) is 10.2 Å². The molecule has 5 heteroatoms. The second kappa shape index (κ2) is 7.62. The number of carbonyl (C=O) groups excluding carboxylic acids is 1. The quantitative estimate of drug-likeness (QED) is 0.829. The van der Waals surface area contributed by atoms with Crippen LogP contribution < -0.4 is 11.1 Å². The molecule has 4 nitrogen and oxygen atoms in total. The molecule has 3 N–H and O–H groups in total. The molecule has 0 bridgehead atoms. The highest BCUT2D eigenvalue weighted by atomic mass is 32.1. The van der Waals surface area contributed by atoms with Crippen LogP contribution in [0.3, 0.4) is 0 Å². The van der Waals surface area contributed by atoms with E-state index >= 15 is 0 Å². The van der Waals surface area contributed by atoms with Crippen molar-refractivity contribution in [2.45, 2.75) is 25.8 Å². The number of nitrogens with two attached hydrogens (primary N) is 1. The van der Waals surface area contributed by atoms with E-state index in [0.29, 0.717) is 18.9 Å². The minimum atomic E-state index is 0.0814. The van der Waals surface area contributed by atoms with Gasteiger partial charge in [0, 0.05) is 37.5 Å². The Bertz CT molecular complexity index is 380. The number of thiophene rings is 1. The Hall–Kier alpha value is -0.910. The number of likely N-dealkylation sites (tertiary alicyclic amines) is 1. The van der Waals surface area contributed by atoms with Gasteiger partial charge >= 0.3 is 0 Å². The molecule has 1 fully saturated rings. The van der Waals surface area contributed by atoms with E-state index in [-0.39, 0.29) is 5.91 Å². The van der Waals surface area contributed by atoms with Crippen LogP contribution in [-0.4, -0.2) is 37.0 Å². The van der Waals surface area contributed by atoms with Gasteiger partial charge in [0.05, 0.1) is 0 Å². The fourth-order valence-electron chi connectivity index (χ4n) is 2.56. The fourth-order valence-corrected chi connectivity index (χ4v) is 3.31. The maximum absolute atomic E-state index is 11.4. The van der Waals surface area contributed by atoms with Crippen LogP contribution in [0.5, 0.6) is 0 Å². The number of nitrogens with zero attached hydrogens (tertiary/aromatic N) is 1. The van der Waals surface area contributed by atoms with Crippen molar-refractivity contribution in [3.05, 3.63) is 22.4 Å². The Labute approximate surface area is 119 Å². The van der Waals surface area contributed by atoms with Gasteiger partial charge in [-0.3, -0.25) is 9.69 Å². The van der Waals surface area contributed by atoms with E-state index in [2.05, 4.69) is 27.7 Å². The number of amides is 1. The van der Waals surface area contributed by atoms with Crippen LogP contribution in [0.4, 0.5) is 0 Å². The minimum absolute atomic E-state index is 0.0814. The summed E-state index contributed by atoms with van der Waals surface area (Å²) in [6.07, 6.45) is 2.87. The Morgan fingerprint density at radius 3 is 3.21 bits per heavy atom. The van der Waals surface area contributed by atoms with Crippen molar-refractivity contribution < 1.29 is 4.79 Å². The van der Waals surface area contributed by atoms with Crippen molar-refractivity contribution in [1.29, 1.82) is 0 Å². The summed E-state index contributed by atoms with van der Waals surface area (Å²) in [5.74, 6) is 0.660. The molecular weight excluding hydrogens is 258 g/mol. The van der Waals surface area contributed by atoms with Crippen LogP contribution in [-0.2, 0) is 11.3 Å². The lowest BCUT2D eigenvalue weighted by atomic mass is 9.98. The molecule has 0 radical (unpaired) electrons. The molecule has 106 valence electrons. The second-order valence-corrected chi connectivity index (χ2v) is 6.20. The van der Waals surface area contributed by atoms with Crippen LogP contribution >= 0.6 is 11.3 Å². The molecular formula is C14H23N3OS. The van der Waals surface area contributed by atoms with Gasteiger partial charge in [0.2, 0.25) is 5.91 Å². The number of nitrogens with one attached hydrogen (secondary N) is 1. The predicted molar refractivity (Wildman–Crippen MR) is 79.0 cm³/mol. The highest BCUT2D eigenvalue weighted by Gasteiger charge is 2.20. The molecule has 1 unspecified atom stereocenters. The average molecular weight is 281 g/mol. The lowest BCUT2D eigenvalue weighted by Crippen LogP contribution is -2.40. The van der Waals surface area contributed by atoms with Crippen LogP contribution in [0, 0.1) is 5.92 Å². The predicted octanol–water partition coefficient (Wildman–Crippen LogP) is 1.43. The summed E-state index contributed by atoms with van der Waals surface area (Å²) < 4.78 is 0. The average Bonchev–Trinajstić information content (AvgIpc) is 2.90. The maximum Gasteiger partial charge on any atom is 0.221 e. The smallest absolute Gasteiger partial charge is 0.221 e. The van der Waals surface area contributed by atoms with E-state index in [1.54, 1.807) is 0 Å². The molecule has 0 saturated carbocycles. The van der Waals surface area contributed by atoms with E-state index in [1.807, 2.05) is 11.3 Å². The molecule has 2 rings (SSSR count). The van der Waals surface area contributed by atoms with Gasteiger partial charge in [0.15, 0.2) is 0 Å². The summed E-state index contributed by atoms with van der Waals surface area (Å²) in [6, 6.07) is 4.30. The van der Waals surface area contributed by atoms with E-state index in [0.717, 1.165) is 19.6 Å². The second-order valence-electron chi connectivity index (χ2n) is 5.17. The summed E-state index contributed by atoms with van der Waals surface area (Å²) in [5, 5.41) is 5.12. The van der Waals surface area contributed by atoms with Crippen LogP contribution in [0.1, 0.15) is 24.1 Å². The van der Waals surface area contributed by atoms with Crippen molar-refractivity contribution in [2.24, 2.45) is 11.7 Å². The molecule has 0 aromatic carbocycles. The van der Waals surface area contributed by atoms with Gasteiger partial charge in [-0.05, 0) is 36.8 Å². The Kier molecular flexibility index (Phi) is 5.82. The molecule has 0 aliphatic carbocycles. The Morgan fingerprint density at radius 2 is 2.47 bits per heavy atom. The summed E-state index contributed by atoms with van der Waals surface area (Å²) in [4.78, 5) is 15.3. The van der Waals surface area contributed by atoms with Crippen LogP contribution in [0.2, 0.25) is 0 Å². The van der Waals surface area contributed by atoms with E-state index in [1.165, 1.54) is 24.3 Å². The van der Waals surface area contributed by atoms with Crippen molar-refractivity contribution in [3.63, 3.8) is 0 Å². The van der Waals surface area contributed by atoms with Crippen LogP contribution in [0.25, 0.3) is 0 Å². The van der Waals surface area contributed by atoms with Gasteiger partial charge in [0.25, 0.3) is 0 Å². The SMILES string of the molecule is NCCC(=O)NCC1CCCN(Cc2cccs2)C1. The van der Waals surface area contributed by atoms with Gasteiger partial charge in [0.1, 0.15) is 0 Å². The molecule has 0 spiro atoms. The summed E-state index contributed by atoms with van der Waals surface area (Å²) in [6.45, 7) is 4.53. The van der Waals surface area contributed by atoms with Crippen LogP contribution in [0.15, 0.2) is 17.5 Å². The number of carbonyl (C=O) groups is 1. The molecule has 2 heterocycles. The number of hydrogen-bond acceptors (Lipinski definition) is 4. The first-order chi connectivity index (χ1) is 9.28. The van der Waals surface area contributed by atoms with Gasteiger partial charge in [-0.1, -0.05) is 6.07 Å². The Morgan fingerprint density at radius 1 is 1.58 bits per heavy atom. The van der Waals surface area contributed by atoms with Gasteiger partial charge in [-0.2, -0.15) is 0 Å². The highest BCUT2D eigenvalue weighted by molar-refractivity contribution is 7.09. The summed E-state index contributed by atoms with van der Waals surface area (Å²) >= 11 is 1.82. The molecule has 1 amide bonds. The first kappa shape index (κ1) is 14.5. The van der Waals surface area contributed by atoms with Gasteiger partial charge in [-0.25, -0.2) is 0 Å². The largest absolute Gasteiger partial charge is 0.356 e. The number of piperidine rings is 1. The zero-order valence-electron chi connectivity index (χ0n) is 11.3. The minimum Gasteiger partial charge on any atom is -0.356 e. The van der Waals surface area contributed by atoms with Crippen molar-refractivity contribution in [3.8, 4) is 0 Å². The first-order valence-corrected chi connectivity index (χ1v) is 7.87. The standard InChI is InChI=1S/C14H23N3OS/c15-6-5-14(18)16-9-12-3-1-7-17(10-12)11-13-4-2-8-19-13/h2,4,8,12H,1,3,5-7,9-11,15H2,(H,16,18). The lowest BCUT2D eigenvalue weighted by molar-refractivity contribution is -0.121.